The van der Waals surface area contributed by atoms with Gasteiger partial charge in [0, 0.05) is 5.41 Å². The largest absolute Gasteiger partial charge is 0.250 e. The van der Waals surface area contributed by atoms with E-state index in [0.29, 0.717) is 0 Å². The lowest BCUT2D eigenvalue weighted by atomic mass is 9.86. The van der Waals surface area contributed by atoms with Gasteiger partial charge in [-0.2, -0.15) is 0 Å². The van der Waals surface area contributed by atoms with E-state index in [1.165, 1.54) is 12.1 Å². The summed E-state index contributed by atoms with van der Waals surface area (Å²) in [4.78, 5) is 0.0425. The molecule has 0 unspecified atom stereocenters. The maximum atomic E-state index is 12.6. The number of sulfonamides is 1. The molecule has 15 heavy (non-hydrogen) atoms. The molecule has 0 saturated carbocycles. The van der Waals surface area contributed by atoms with E-state index in [-0.39, 0.29) is 4.90 Å². The second-order valence-corrected chi connectivity index (χ2v) is 5.65. The van der Waals surface area contributed by atoms with Crippen LogP contribution in [0.25, 0.3) is 0 Å². The van der Waals surface area contributed by atoms with Crippen molar-refractivity contribution in [2.75, 3.05) is 6.67 Å². The van der Waals surface area contributed by atoms with Gasteiger partial charge >= 0.3 is 0 Å². The second-order valence-electron chi connectivity index (χ2n) is 4.09. The third-order valence-electron chi connectivity index (χ3n) is 2.30. The van der Waals surface area contributed by atoms with Gasteiger partial charge in [0.1, 0.15) is 0 Å². The lowest BCUT2D eigenvalue weighted by Crippen LogP contribution is -2.20. The Hall–Kier alpha value is -0.940. The van der Waals surface area contributed by atoms with E-state index in [1.54, 1.807) is 26.0 Å². The van der Waals surface area contributed by atoms with Crippen molar-refractivity contribution in [2.45, 2.75) is 24.2 Å². The Kier molecular flexibility index (Phi) is 3.16. The molecule has 0 aliphatic heterocycles. The molecule has 3 nitrogen and oxygen atoms in total. The van der Waals surface area contributed by atoms with E-state index in [9.17, 15) is 12.8 Å². The van der Waals surface area contributed by atoms with Crippen LogP contribution >= 0.6 is 0 Å². The molecule has 0 spiro atoms. The number of benzene rings is 1. The minimum Gasteiger partial charge on any atom is -0.250 e. The maximum Gasteiger partial charge on any atom is 0.238 e. The zero-order chi connectivity index (χ0) is 11.7. The van der Waals surface area contributed by atoms with Crippen LogP contribution in [0.1, 0.15) is 19.4 Å². The molecular weight excluding hydrogens is 217 g/mol. The van der Waals surface area contributed by atoms with E-state index >= 15 is 0 Å². The molecule has 0 atom stereocenters. The van der Waals surface area contributed by atoms with Crippen molar-refractivity contribution < 1.29 is 12.8 Å². The Morgan fingerprint density at radius 2 is 1.73 bits per heavy atom. The summed E-state index contributed by atoms with van der Waals surface area (Å²) in [5.74, 6) is 0. The Bertz CT molecular complexity index is 437. The highest BCUT2D eigenvalue weighted by molar-refractivity contribution is 7.89. The van der Waals surface area contributed by atoms with Crippen LogP contribution in [-0.4, -0.2) is 15.1 Å². The summed E-state index contributed by atoms with van der Waals surface area (Å²) in [6, 6.07) is 5.95. The molecule has 1 aromatic rings. The molecule has 2 N–H and O–H groups in total. The van der Waals surface area contributed by atoms with Crippen LogP contribution in [0.2, 0.25) is 0 Å². The highest BCUT2D eigenvalue weighted by Crippen LogP contribution is 2.24. The quantitative estimate of drug-likeness (QED) is 0.858. The summed E-state index contributed by atoms with van der Waals surface area (Å²) in [6.45, 7) is 3.00. The first-order chi connectivity index (χ1) is 6.77. The molecular formula is C10H14FNO2S. The van der Waals surface area contributed by atoms with Gasteiger partial charge in [-0.05, 0) is 17.7 Å². The van der Waals surface area contributed by atoms with Crippen molar-refractivity contribution in [1.29, 1.82) is 0 Å². The van der Waals surface area contributed by atoms with Crippen LogP contribution in [0.15, 0.2) is 29.2 Å². The standard InChI is InChI=1S/C10H14FNO2S/c1-10(2,7-11)8-3-5-9(6-4-8)15(12,13)14/h3-6H,7H2,1-2H3,(H2,12,13,14). The van der Waals surface area contributed by atoms with E-state index in [1.807, 2.05) is 0 Å². The lowest BCUT2D eigenvalue weighted by Gasteiger charge is -2.20. The topological polar surface area (TPSA) is 60.2 Å². The van der Waals surface area contributed by atoms with Crippen LogP contribution in [0, 0.1) is 0 Å². The lowest BCUT2D eigenvalue weighted by molar-refractivity contribution is 0.351. The molecule has 0 saturated heterocycles. The van der Waals surface area contributed by atoms with E-state index in [2.05, 4.69) is 0 Å². The molecule has 0 heterocycles. The van der Waals surface area contributed by atoms with E-state index in [4.69, 9.17) is 5.14 Å². The fourth-order valence-corrected chi connectivity index (χ4v) is 1.69. The molecule has 84 valence electrons. The third kappa shape index (κ3) is 2.76. The van der Waals surface area contributed by atoms with Crippen molar-refractivity contribution in [3.8, 4) is 0 Å². The zero-order valence-corrected chi connectivity index (χ0v) is 9.51. The van der Waals surface area contributed by atoms with Crippen molar-refractivity contribution in [3.63, 3.8) is 0 Å². The molecule has 0 aliphatic carbocycles. The summed E-state index contributed by atoms with van der Waals surface area (Å²) < 4.78 is 34.6. The SMILES string of the molecule is CC(C)(CF)c1ccc(S(N)(=O)=O)cc1. The predicted molar refractivity (Wildman–Crippen MR) is 56.8 cm³/mol. The molecule has 0 aliphatic rings. The molecule has 5 heteroatoms. The number of rotatable bonds is 3. The summed E-state index contributed by atoms with van der Waals surface area (Å²) in [6.07, 6.45) is 0. The Morgan fingerprint density at radius 1 is 1.27 bits per heavy atom. The number of halogens is 1. The summed E-state index contributed by atoms with van der Waals surface area (Å²) >= 11 is 0. The van der Waals surface area contributed by atoms with Gasteiger partial charge in [0.15, 0.2) is 0 Å². The fraction of sp³-hybridized carbons (Fsp3) is 0.400. The Labute approximate surface area is 89.2 Å². The molecule has 0 aromatic heterocycles. The van der Waals surface area contributed by atoms with Crippen molar-refractivity contribution >= 4 is 10.0 Å². The summed E-state index contributed by atoms with van der Waals surface area (Å²) in [5, 5.41) is 4.95. The third-order valence-corrected chi connectivity index (χ3v) is 3.23. The van der Waals surface area contributed by atoms with Gasteiger partial charge in [-0.1, -0.05) is 26.0 Å². The van der Waals surface area contributed by atoms with Crippen LogP contribution in [0.5, 0.6) is 0 Å². The molecule has 0 fully saturated rings. The average Bonchev–Trinajstić information content (AvgIpc) is 2.17. The van der Waals surface area contributed by atoms with Gasteiger partial charge in [-0.3, -0.25) is 4.39 Å². The highest BCUT2D eigenvalue weighted by atomic mass is 32.2. The number of alkyl halides is 1. The van der Waals surface area contributed by atoms with Gasteiger partial charge in [-0.15, -0.1) is 0 Å². The van der Waals surface area contributed by atoms with Gasteiger partial charge in [0.2, 0.25) is 10.0 Å². The van der Waals surface area contributed by atoms with Gasteiger partial charge in [0.05, 0.1) is 11.6 Å². The molecule has 0 amide bonds. The smallest absolute Gasteiger partial charge is 0.238 e. The van der Waals surface area contributed by atoms with Crippen molar-refractivity contribution in [1.82, 2.24) is 0 Å². The van der Waals surface area contributed by atoms with Crippen molar-refractivity contribution in [2.24, 2.45) is 5.14 Å². The molecule has 0 radical (unpaired) electrons. The minimum atomic E-state index is -3.67. The zero-order valence-electron chi connectivity index (χ0n) is 8.70. The van der Waals surface area contributed by atoms with Crippen LogP contribution in [-0.2, 0) is 15.4 Å². The van der Waals surface area contributed by atoms with Crippen LogP contribution < -0.4 is 5.14 Å². The van der Waals surface area contributed by atoms with Crippen LogP contribution in [0.4, 0.5) is 4.39 Å². The van der Waals surface area contributed by atoms with Gasteiger partial charge in [-0.25, -0.2) is 13.6 Å². The van der Waals surface area contributed by atoms with E-state index in [0.717, 1.165) is 5.56 Å². The second kappa shape index (κ2) is 3.90. The number of nitrogens with two attached hydrogens (primary N) is 1. The summed E-state index contributed by atoms with van der Waals surface area (Å²) in [7, 11) is -3.67. The monoisotopic (exact) mass is 231 g/mol. The Morgan fingerprint density at radius 3 is 2.07 bits per heavy atom. The van der Waals surface area contributed by atoms with Crippen molar-refractivity contribution in [3.05, 3.63) is 29.8 Å². The number of hydrogen-bond donors (Lipinski definition) is 1. The maximum absolute atomic E-state index is 12.6. The van der Waals surface area contributed by atoms with Crippen LogP contribution in [0.3, 0.4) is 0 Å². The summed E-state index contributed by atoms with van der Waals surface area (Å²) in [5.41, 5.74) is 0.147. The molecule has 1 rings (SSSR count). The first kappa shape index (κ1) is 12.1. The Balaban J connectivity index is 3.12. The molecule has 1 aromatic carbocycles. The fourth-order valence-electron chi connectivity index (χ4n) is 1.17. The number of primary sulfonamides is 1. The predicted octanol–water partition coefficient (Wildman–Crippen LogP) is 1.58. The minimum absolute atomic E-state index is 0.0425. The normalized spacial score (nSPS) is 12.8. The first-order valence-electron chi connectivity index (χ1n) is 4.47. The van der Waals surface area contributed by atoms with E-state index < -0.39 is 22.1 Å². The number of hydrogen-bond acceptors (Lipinski definition) is 2. The molecule has 0 bridgehead atoms. The first-order valence-corrected chi connectivity index (χ1v) is 6.01. The highest BCUT2D eigenvalue weighted by Gasteiger charge is 2.20. The van der Waals surface area contributed by atoms with Gasteiger partial charge in [0.25, 0.3) is 0 Å². The van der Waals surface area contributed by atoms with Gasteiger partial charge < -0.3 is 0 Å². The average molecular weight is 231 g/mol.